The lowest BCUT2D eigenvalue weighted by Crippen LogP contribution is -2.40. The minimum Gasteiger partial charge on any atom is -0.469 e. The Hall–Kier alpha value is -2.04. The van der Waals surface area contributed by atoms with Crippen molar-refractivity contribution in [2.75, 3.05) is 6.61 Å². The van der Waals surface area contributed by atoms with Gasteiger partial charge in [-0.25, -0.2) is 4.79 Å². The Bertz CT molecular complexity index is 632. The normalized spacial score (nSPS) is 26.2. The minimum atomic E-state index is -0.333. The fourth-order valence-corrected chi connectivity index (χ4v) is 3.81. The average Bonchev–Trinajstić information content (AvgIpc) is 3.20. The van der Waals surface area contributed by atoms with Crippen LogP contribution in [0.25, 0.3) is 0 Å². The molecule has 1 aliphatic heterocycles. The number of fused-ring (bicyclic) bond motifs is 1. The van der Waals surface area contributed by atoms with Crippen LogP contribution in [-0.2, 0) is 14.3 Å². The highest BCUT2D eigenvalue weighted by Gasteiger charge is 2.45. The second kappa shape index (κ2) is 7.24. The first kappa shape index (κ1) is 16.8. The maximum Gasteiger partial charge on any atom is 0.354 e. The molecule has 0 spiro atoms. The third kappa shape index (κ3) is 3.25. The van der Waals surface area contributed by atoms with Gasteiger partial charge in [-0.2, -0.15) is 0 Å². The van der Waals surface area contributed by atoms with Gasteiger partial charge in [0.2, 0.25) is 0 Å². The first-order valence-electron chi connectivity index (χ1n) is 8.82. The molecular formula is C19H25NO4. The van der Waals surface area contributed by atoms with Crippen molar-refractivity contribution in [3.63, 3.8) is 0 Å². The molecule has 0 bridgehead atoms. The number of furan rings is 1. The van der Waals surface area contributed by atoms with Crippen LogP contribution >= 0.6 is 0 Å². The summed E-state index contributed by atoms with van der Waals surface area (Å²) < 4.78 is 10.8. The molecule has 1 aliphatic carbocycles. The molecule has 5 nitrogen and oxygen atoms in total. The molecule has 1 fully saturated rings. The average molecular weight is 331 g/mol. The van der Waals surface area contributed by atoms with Crippen molar-refractivity contribution in [3.05, 3.63) is 35.4 Å². The summed E-state index contributed by atoms with van der Waals surface area (Å²) in [6.45, 7) is 4.41. The number of unbranched alkanes of at least 4 members (excludes halogenated alkanes) is 2. The van der Waals surface area contributed by atoms with Crippen molar-refractivity contribution in [1.82, 2.24) is 5.32 Å². The molecule has 0 aromatic carbocycles. The van der Waals surface area contributed by atoms with Crippen LogP contribution < -0.4 is 5.32 Å². The van der Waals surface area contributed by atoms with Gasteiger partial charge in [-0.15, -0.1) is 0 Å². The molecule has 2 heterocycles. The molecule has 3 unspecified atom stereocenters. The monoisotopic (exact) mass is 331 g/mol. The predicted molar refractivity (Wildman–Crippen MR) is 89.3 cm³/mol. The summed E-state index contributed by atoms with van der Waals surface area (Å²) in [5.41, 5.74) is 1.30. The van der Waals surface area contributed by atoms with Gasteiger partial charge in [0, 0.05) is 18.4 Å². The summed E-state index contributed by atoms with van der Waals surface area (Å²) >= 11 is 0. The predicted octanol–water partition coefficient (Wildman–Crippen LogP) is 3.32. The van der Waals surface area contributed by atoms with E-state index in [1.165, 1.54) is 0 Å². The van der Waals surface area contributed by atoms with Gasteiger partial charge in [0.1, 0.15) is 17.2 Å². The number of hydrogen-bond donors (Lipinski definition) is 1. The summed E-state index contributed by atoms with van der Waals surface area (Å²) in [7, 11) is 0. The van der Waals surface area contributed by atoms with Crippen molar-refractivity contribution >= 4 is 11.8 Å². The van der Waals surface area contributed by atoms with Crippen molar-refractivity contribution in [3.8, 4) is 0 Å². The first-order chi connectivity index (χ1) is 11.6. The van der Waals surface area contributed by atoms with Gasteiger partial charge < -0.3 is 14.5 Å². The van der Waals surface area contributed by atoms with Crippen LogP contribution in [0.1, 0.15) is 57.6 Å². The van der Waals surface area contributed by atoms with Crippen LogP contribution in [0.2, 0.25) is 0 Å². The molecule has 0 amide bonds. The van der Waals surface area contributed by atoms with Gasteiger partial charge in [-0.05, 0) is 37.5 Å². The van der Waals surface area contributed by atoms with Crippen LogP contribution in [0.3, 0.4) is 0 Å². The van der Waals surface area contributed by atoms with E-state index in [1.54, 1.807) is 6.26 Å². The van der Waals surface area contributed by atoms with Gasteiger partial charge >= 0.3 is 5.97 Å². The molecule has 1 aromatic heterocycles. The van der Waals surface area contributed by atoms with Crippen molar-refractivity contribution in [1.29, 1.82) is 0 Å². The number of ketones is 1. The number of hydrogen-bond acceptors (Lipinski definition) is 5. The van der Waals surface area contributed by atoms with Gasteiger partial charge in [0.15, 0.2) is 0 Å². The quantitative estimate of drug-likeness (QED) is 0.640. The highest BCUT2D eigenvalue weighted by atomic mass is 16.5. The standard InChI is InChI=1S/C19H25NO4/c1-3-4-5-8-24-19(22)18-12(2)17-14(20-18)10-13(11-15(17)21)16-7-6-9-23-16/h6-7,9,13-14,17,20H,3-5,8,10-11H2,1-2H3. The Morgan fingerprint density at radius 1 is 1.42 bits per heavy atom. The van der Waals surface area contributed by atoms with Crippen LogP contribution in [0.4, 0.5) is 0 Å². The van der Waals surface area contributed by atoms with E-state index >= 15 is 0 Å². The summed E-state index contributed by atoms with van der Waals surface area (Å²) in [4.78, 5) is 24.9. The summed E-state index contributed by atoms with van der Waals surface area (Å²) in [6, 6.07) is 3.71. The van der Waals surface area contributed by atoms with Crippen LogP contribution in [-0.4, -0.2) is 24.4 Å². The second-order valence-electron chi connectivity index (χ2n) is 6.75. The van der Waals surface area contributed by atoms with E-state index in [-0.39, 0.29) is 29.6 Å². The van der Waals surface area contributed by atoms with E-state index in [4.69, 9.17) is 9.15 Å². The number of carbonyl (C=O) groups is 2. The fraction of sp³-hybridized carbons (Fsp3) is 0.579. The van der Waals surface area contributed by atoms with Gasteiger partial charge in [-0.1, -0.05) is 19.8 Å². The highest BCUT2D eigenvalue weighted by molar-refractivity contribution is 5.94. The SMILES string of the molecule is CCCCCOC(=O)C1=C(C)C2C(=O)CC(c3ccco3)CC2N1. The molecule has 3 rings (SSSR count). The zero-order chi connectivity index (χ0) is 17.1. The molecule has 0 radical (unpaired) electrons. The number of rotatable bonds is 6. The van der Waals surface area contributed by atoms with Crippen molar-refractivity contribution in [2.24, 2.45) is 5.92 Å². The lowest BCUT2D eigenvalue weighted by Gasteiger charge is -2.30. The zero-order valence-electron chi connectivity index (χ0n) is 14.3. The summed E-state index contributed by atoms with van der Waals surface area (Å²) in [5.74, 6) is 0.548. The first-order valence-corrected chi connectivity index (χ1v) is 8.82. The Morgan fingerprint density at radius 2 is 2.25 bits per heavy atom. The fourth-order valence-electron chi connectivity index (χ4n) is 3.81. The minimum absolute atomic E-state index is 0.0421. The lowest BCUT2D eigenvalue weighted by atomic mass is 9.75. The molecular weight excluding hydrogens is 306 g/mol. The number of nitrogens with one attached hydrogen (secondary N) is 1. The van der Waals surface area contributed by atoms with Crippen molar-refractivity contribution in [2.45, 2.75) is 57.9 Å². The number of ether oxygens (including phenoxy) is 1. The lowest BCUT2D eigenvalue weighted by molar-refractivity contribution is -0.139. The molecule has 1 saturated carbocycles. The van der Waals surface area contributed by atoms with E-state index in [9.17, 15) is 9.59 Å². The maximum absolute atomic E-state index is 12.6. The molecule has 1 N–H and O–H groups in total. The Kier molecular flexibility index (Phi) is 5.07. The summed E-state index contributed by atoms with van der Waals surface area (Å²) in [5, 5.41) is 3.25. The molecule has 24 heavy (non-hydrogen) atoms. The topological polar surface area (TPSA) is 68.5 Å². The van der Waals surface area contributed by atoms with E-state index in [0.717, 1.165) is 37.0 Å². The van der Waals surface area contributed by atoms with E-state index < -0.39 is 0 Å². The Labute approximate surface area is 142 Å². The van der Waals surface area contributed by atoms with E-state index in [2.05, 4.69) is 12.2 Å². The van der Waals surface area contributed by atoms with Crippen LogP contribution in [0.5, 0.6) is 0 Å². The molecule has 3 atom stereocenters. The Balaban J connectivity index is 1.66. The third-order valence-corrected chi connectivity index (χ3v) is 5.06. The highest BCUT2D eigenvalue weighted by Crippen LogP contribution is 2.41. The Morgan fingerprint density at radius 3 is 2.96 bits per heavy atom. The van der Waals surface area contributed by atoms with Gasteiger partial charge in [0.05, 0.1) is 18.8 Å². The molecule has 2 aliphatic rings. The molecule has 5 heteroatoms. The molecule has 0 saturated heterocycles. The number of esters is 1. The molecule has 1 aromatic rings. The largest absolute Gasteiger partial charge is 0.469 e. The van der Waals surface area contributed by atoms with E-state index in [1.807, 2.05) is 19.1 Å². The van der Waals surface area contributed by atoms with Gasteiger partial charge in [0.25, 0.3) is 0 Å². The van der Waals surface area contributed by atoms with Crippen molar-refractivity contribution < 1.29 is 18.7 Å². The number of Topliss-reactive ketones (excluding diaryl/α,β-unsaturated/α-hetero) is 1. The van der Waals surface area contributed by atoms with Crippen LogP contribution in [0, 0.1) is 5.92 Å². The second-order valence-corrected chi connectivity index (χ2v) is 6.75. The van der Waals surface area contributed by atoms with E-state index in [0.29, 0.717) is 18.7 Å². The maximum atomic E-state index is 12.6. The number of carbonyl (C=O) groups excluding carboxylic acids is 2. The smallest absolute Gasteiger partial charge is 0.354 e. The van der Waals surface area contributed by atoms with Crippen LogP contribution in [0.15, 0.2) is 34.1 Å². The summed E-state index contributed by atoms with van der Waals surface area (Å²) in [6.07, 6.45) is 5.90. The van der Waals surface area contributed by atoms with Gasteiger partial charge in [-0.3, -0.25) is 4.79 Å². The third-order valence-electron chi connectivity index (χ3n) is 5.06. The zero-order valence-corrected chi connectivity index (χ0v) is 14.3. The molecule has 130 valence electrons.